The standard InChI is InChI=1S/C13H16FN3O2.C11H18O2.C8H7NOS/c14-9-3-1-4-10(7-9)16-8-12(18)17-6-2-5-11(17)13(15)19;1-2-3-4-5-6-7-9-8-10(9)11(12)13;1-5-2-3-6-7(4-5)11-8(10)9-6/h1,3-4,7,11,16H,2,5-6,8H2,(H2,15,19);6-7,9-10H,2-5,8H2,1H3,(H,12,13);2-4H,1H3,(H,9,10)/b;7-6-;. The molecule has 0 spiro atoms. The van der Waals surface area contributed by atoms with Crippen LogP contribution < -0.4 is 15.9 Å². The molecule has 0 radical (unpaired) electrons. The number of hydrogen-bond donors (Lipinski definition) is 4. The lowest BCUT2D eigenvalue weighted by atomic mass is 10.2. The monoisotopic (exact) mass is 612 g/mol. The summed E-state index contributed by atoms with van der Waals surface area (Å²) < 4.78 is 14.0. The van der Waals surface area contributed by atoms with Crippen LogP contribution in [0.4, 0.5) is 10.1 Å². The summed E-state index contributed by atoms with van der Waals surface area (Å²) >= 11 is 1.26. The van der Waals surface area contributed by atoms with Gasteiger partial charge in [0.25, 0.3) is 0 Å². The van der Waals surface area contributed by atoms with Crippen LogP contribution in [0.25, 0.3) is 10.2 Å². The molecule has 1 aliphatic heterocycles. The van der Waals surface area contributed by atoms with Crippen molar-refractivity contribution in [3.05, 3.63) is 75.7 Å². The minimum absolute atomic E-state index is 0.0191. The molecule has 5 N–H and O–H groups in total. The maximum Gasteiger partial charge on any atom is 0.307 e. The highest BCUT2D eigenvalue weighted by Gasteiger charge is 2.40. The first kappa shape index (κ1) is 33.5. The molecule has 2 aromatic carbocycles. The van der Waals surface area contributed by atoms with E-state index in [-0.39, 0.29) is 29.1 Å². The predicted molar refractivity (Wildman–Crippen MR) is 169 cm³/mol. The number of allylic oxidation sites excluding steroid dienone is 2. The number of thiazole rings is 1. The normalized spacial score (nSPS) is 18.9. The number of nitrogens with zero attached hydrogens (tertiary/aromatic N) is 1. The van der Waals surface area contributed by atoms with E-state index >= 15 is 0 Å². The second-order valence-electron chi connectivity index (χ2n) is 10.8. The van der Waals surface area contributed by atoms with Gasteiger partial charge in [-0.05, 0) is 80.8 Å². The third-order valence-electron chi connectivity index (χ3n) is 7.26. The minimum atomic E-state index is -0.636. The molecule has 43 heavy (non-hydrogen) atoms. The average molecular weight is 613 g/mol. The topological polar surface area (TPSA) is 146 Å². The van der Waals surface area contributed by atoms with Crippen LogP contribution in [0, 0.1) is 24.6 Å². The molecule has 1 saturated heterocycles. The highest BCUT2D eigenvalue weighted by atomic mass is 32.1. The Morgan fingerprint density at radius 1 is 1.21 bits per heavy atom. The molecule has 11 heteroatoms. The van der Waals surface area contributed by atoms with Crippen molar-refractivity contribution >= 4 is 45.0 Å². The summed E-state index contributed by atoms with van der Waals surface area (Å²) in [6.07, 6.45) is 11.3. The summed E-state index contributed by atoms with van der Waals surface area (Å²) in [6.45, 7) is 4.76. The maximum absolute atomic E-state index is 13.0. The zero-order chi connectivity index (χ0) is 31.4. The number of carboxylic acid groups (broad SMARTS) is 1. The van der Waals surface area contributed by atoms with Crippen LogP contribution in [0.1, 0.15) is 57.4 Å². The first-order valence-electron chi connectivity index (χ1n) is 14.7. The molecular formula is C32H41FN4O5S. The number of aromatic nitrogens is 1. The largest absolute Gasteiger partial charge is 0.481 e. The Morgan fingerprint density at radius 3 is 2.67 bits per heavy atom. The van der Waals surface area contributed by atoms with Crippen LogP contribution in [0.5, 0.6) is 0 Å². The zero-order valence-corrected chi connectivity index (χ0v) is 25.5. The van der Waals surface area contributed by atoms with Gasteiger partial charge < -0.3 is 26.0 Å². The number of aliphatic carboxylic acids is 1. The molecule has 2 heterocycles. The maximum atomic E-state index is 13.0. The fourth-order valence-corrected chi connectivity index (χ4v) is 5.62. The van der Waals surface area contributed by atoms with Crippen molar-refractivity contribution in [1.82, 2.24) is 9.88 Å². The smallest absolute Gasteiger partial charge is 0.307 e. The first-order valence-corrected chi connectivity index (χ1v) is 15.5. The predicted octanol–water partition coefficient (Wildman–Crippen LogP) is 5.46. The van der Waals surface area contributed by atoms with Gasteiger partial charge in [0, 0.05) is 12.2 Å². The van der Waals surface area contributed by atoms with Crippen molar-refractivity contribution in [3.8, 4) is 0 Å². The van der Waals surface area contributed by atoms with Crippen molar-refractivity contribution < 1.29 is 23.9 Å². The molecule has 232 valence electrons. The molecule has 0 bridgehead atoms. The van der Waals surface area contributed by atoms with Gasteiger partial charge in [-0.25, -0.2) is 4.39 Å². The number of carbonyl (C=O) groups is 3. The van der Waals surface area contributed by atoms with Crippen LogP contribution in [0.2, 0.25) is 0 Å². The Morgan fingerprint density at radius 2 is 2.00 bits per heavy atom. The Labute approximate surface area is 255 Å². The Balaban J connectivity index is 0.000000185. The number of anilines is 1. The fraction of sp³-hybridized carbons (Fsp3) is 0.438. The Bertz CT molecular complexity index is 1470. The number of fused-ring (bicyclic) bond motifs is 1. The van der Waals surface area contributed by atoms with Crippen LogP contribution >= 0.6 is 11.3 Å². The van der Waals surface area contributed by atoms with E-state index in [1.807, 2.05) is 25.1 Å². The molecule has 5 rings (SSSR count). The second kappa shape index (κ2) is 16.6. The lowest BCUT2D eigenvalue weighted by molar-refractivity contribution is -0.138. The van der Waals surface area contributed by atoms with Gasteiger partial charge in [-0.2, -0.15) is 0 Å². The van der Waals surface area contributed by atoms with Gasteiger partial charge in [-0.15, -0.1) is 0 Å². The summed E-state index contributed by atoms with van der Waals surface area (Å²) in [5.41, 5.74) is 7.90. The molecule has 3 unspecified atom stereocenters. The van der Waals surface area contributed by atoms with Crippen molar-refractivity contribution in [2.45, 2.75) is 64.8 Å². The van der Waals surface area contributed by atoms with Gasteiger partial charge in [0.15, 0.2) is 0 Å². The molecule has 3 aromatic rings. The average Bonchev–Trinajstić information content (AvgIpc) is 3.39. The number of hydrogen-bond acceptors (Lipinski definition) is 6. The molecule has 2 amide bonds. The van der Waals surface area contributed by atoms with E-state index in [4.69, 9.17) is 10.8 Å². The number of H-pyrrole nitrogens is 1. The molecule has 9 nitrogen and oxygen atoms in total. The summed E-state index contributed by atoms with van der Waals surface area (Å²) in [4.78, 5) is 48.8. The van der Waals surface area contributed by atoms with Gasteiger partial charge in [0.05, 0.1) is 22.7 Å². The Kier molecular flexibility index (Phi) is 12.9. The summed E-state index contributed by atoms with van der Waals surface area (Å²) in [7, 11) is 0. The number of unbranched alkanes of at least 4 members (excludes halogenated alkanes) is 3. The number of carbonyl (C=O) groups excluding carboxylic acids is 2. The number of rotatable bonds is 10. The quantitative estimate of drug-likeness (QED) is 0.177. The number of carboxylic acids is 1. The number of primary amides is 1. The lowest BCUT2D eigenvalue weighted by Gasteiger charge is -2.22. The molecule has 3 atom stereocenters. The highest BCUT2D eigenvalue weighted by Crippen LogP contribution is 2.39. The Hall–Kier alpha value is -3.99. The van der Waals surface area contributed by atoms with E-state index in [1.54, 1.807) is 12.1 Å². The van der Waals surface area contributed by atoms with Gasteiger partial charge in [0.1, 0.15) is 11.9 Å². The molecular weight excluding hydrogens is 571 g/mol. The zero-order valence-electron chi connectivity index (χ0n) is 24.7. The fourth-order valence-electron chi connectivity index (χ4n) is 4.79. The third-order valence-corrected chi connectivity index (χ3v) is 8.11. The van der Waals surface area contributed by atoms with Crippen LogP contribution in [-0.2, 0) is 14.4 Å². The number of aryl methyl sites for hydroxylation is 1. The highest BCUT2D eigenvalue weighted by molar-refractivity contribution is 7.16. The van der Waals surface area contributed by atoms with Crippen LogP contribution in [0.15, 0.2) is 59.4 Å². The van der Waals surface area contributed by atoms with E-state index < -0.39 is 17.9 Å². The van der Waals surface area contributed by atoms with Gasteiger partial charge >= 0.3 is 10.8 Å². The number of nitrogens with one attached hydrogen (secondary N) is 2. The van der Waals surface area contributed by atoms with Crippen molar-refractivity contribution in [2.75, 3.05) is 18.4 Å². The van der Waals surface area contributed by atoms with Crippen molar-refractivity contribution in [1.29, 1.82) is 0 Å². The number of benzene rings is 2. The van der Waals surface area contributed by atoms with Gasteiger partial charge in [-0.3, -0.25) is 19.2 Å². The number of likely N-dealkylation sites (tertiary alicyclic amines) is 1. The number of nitrogens with two attached hydrogens (primary N) is 1. The number of aromatic amines is 1. The molecule has 2 aliphatic rings. The summed E-state index contributed by atoms with van der Waals surface area (Å²) in [5.74, 6) is -1.43. The van der Waals surface area contributed by atoms with E-state index in [1.165, 1.54) is 53.2 Å². The van der Waals surface area contributed by atoms with Crippen molar-refractivity contribution in [3.63, 3.8) is 0 Å². The van der Waals surface area contributed by atoms with Gasteiger partial charge in [-0.1, -0.05) is 55.4 Å². The number of halogens is 1. The van der Waals surface area contributed by atoms with Crippen LogP contribution in [0.3, 0.4) is 0 Å². The lowest BCUT2D eigenvalue weighted by Crippen LogP contribution is -2.45. The first-order chi connectivity index (χ1) is 20.6. The SMILES string of the molecule is CCCCC/C=C\C1CC1C(=O)O.Cc1ccc2[nH]c(=O)sc2c1.NC(=O)C1CCCN1C(=O)CNc1cccc(F)c1. The third kappa shape index (κ3) is 11.0. The van der Waals surface area contributed by atoms with Gasteiger partial charge in [0.2, 0.25) is 11.8 Å². The van der Waals surface area contributed by atoms with Crippen LogP contribution in [-0.4, -0.2) is 51.9 Å². The summed E-state index contributed by atoms with van der Waals surface area (Å²) in [5, 5.41) is 11.5. The van der Waals surface area contributed by atoms with E-state index in [0.717, 1.165) is 29.5 Å². The van der Waals surface area contributed by atoms with E-state index in [0.29, 0.717) is 24.6 Å². The second-order valence-corrected chi connectivity index (χ2v) is 11.8. The molecule has 1 aromatic heterocycles. The number of amides is 2. The molecule has 2 fully saturated rings. The minimum Gasteiger partial charge on any atom is -0.481 e. The van der Waals surface area contributed by atoms with Crippen molar-refractivity contribution in [2.24, 2.45) is 17.6 Å². The van der Waals surface area contributed by atoms with E-state index in [2.05, 4.69) is 29.4 Å². The summed E-state index contributed by atoms with van der Waals surface area (Å²) in [6, 6.07) is 11.3. The molecule has 1 saturated carbocycles. The van der Waals surface area contributed by atoms with E-state index in [9.17, 15) is 23.6 Å². The molecule has 1 aliphatic carbocycles.